The van der Waals surface area contributed by atoms with Crippen LogP contribution in [0, 0.1) is 0 Å². The zero-order valence-electron chi connectivity index (χ0n) is 9.28. The van der Waals surface area contributed by atoms with Crippen LogP contribution in [0.5, 0.6) is 0 Å². The van der Waals surface area contributed by atoms with Gasteiger partial charge in [0.1, 0.15) is 10.2 Å². The predicted octanol–water partition coefficient (Wildman–Crippen LogP) is 3.07. The van der Waals surface area contributed by atoms with E-state index < -0.39 is 5.60 Å². The summed E-state index contributed by atoms with van der Waals surface area (Å²) >= 11 is 4.91. The molecule has 1 saturated heterocycles. The second-order valence-electron chi connectivity index (χ2n) is 4.24. The minimum atomic E-state index is -0.752. The zero-order valence-corrected chi connectivity index (χ0v) is 11.7. The van der Waals surface area contributed by atoms with Gasteiger partial charge in [0.2, 0.25) is 0 Å². The fraction of sp³-hybridized carbons (Fsp3) is 0.727. The second kappa shape index (κ2) is 5.12. The Kier molecular flexibility index (Phi) is 4.00. The minimum absolute atomic E-state index is 0.178. The van der Waals surface area contributed by atoms with Crippen molar-refractivity contribution in [2.24, 2.45) is 0 Å². The molecule has 1 aliphatic rings. The molecule has 2 rings (SSSR count). The van der Waals surface area contributed by atoms with Crippen LogP contribution in [0.1, 0.15) is 37.5 Å². The number of hydrogen-bond acceptors (Lipinski definition) is 4. The van der Waals surface area contributed by atoms with Crippen molar-refractivity contribution in [3.63, 3.8) is 0 Å². The van der Waals surface area contributed by atoms with Gasteiger partial charge in [-0.2, -0.15) is 0 Å². The number of nitrogens with zero attached hydrogens (tertiary/aromatic N) is 1. The summed E-state index contributed by atoms with van der Waals surface area (Å²) in [5, 5.41) is 10.7. The maximum absolute atomic E-state index is 10.7. The van der Waals surface area contributed by atoms with E-state index in [4.69, 9.17) is 4.74 Å². The third kappa shape index (κ3) is 2.47. The molecule has 0 radical (unpaired) electrons. The zero-order chi connectivity index (χ0) is 11.6. The summed E-state index contributed by atoms with van der Waals surface area (Å²) in [6.45, 7) is 2.77. The molecule has 0 spiro atoms. The van der Waals surface area contributed by atoms with E-state index in [0.717, 1.165) is 22.3 Å². The number of aromatic nitrogens is 1. The van der Waals surface area contributed by atoms with E-state index in [1.54, 1.807) is 5.51 Å². The van der Waals surface area contributed by atoms with Crippen LogP contribution in [0.2, 0.25) is 0 Å². The highest BCUT2D eigenvalue weighted by molar-refractivity contribution is 9.10. The Morgan fingerprint density at radius 1 is 1.75 bits per heavy atom. The normalized spacial score (nSPS) is 30.6. The second-order valence-corrected chi connectivity index (χ2v) is 5.85. The van der Waals surface area contributed by atoms with E-state index in [1.165, 1.54) is 11.3 Å². The fourth-order valence-electron chi connectivity index (χ4n) is 2.18. The molecular weight excluding hydrogens is 290 g/mol. The van der Waals surface area contributed by atoms with Gasteiger partial charge in [0.05, 0.1) is 23.1 Å². The molecule has 0 bridgehead atoms. The van der Waals surface area contributed by atoms with Crippen LogP contribution in [0.15, 0.2) is 10.1 Å². The fourth-order valence-corrected chi connectivity index (χ4v) is 3.89. The predicted molar refractivity (Wildman–Crippen MR) is 67.6 cm³/mol. The van der Waals surface area contributed by atoms with Gasteiger partial charge in [-0.25, -0.2) is 4.98 Å². The molecule has 1 aromatic rings. The largest absolute Gasteiger partial charge is 0.384 e. The third-order valence-corrected chi connectivity index (χ3v) is 4.88. The Morgan fingerprint density at radius 2 is 2.56 bits per heavy atom. The Balaban J connectivity index is 2.15. The summed E-state index contributed by atoms with van der Waals surface area (Å²) in [6, 6.07) is 0. The molecular formula is C11H16BrNO2S. The van der Waals surface area contributed by atoms with Gasteiger partial charge in [-0.1, -0.05) is 13.3 Å². The lowest BCUT2D eigenvalue weighted by Crippen LogP contribution is -2.38. The molecule has 2 atom stereocenters. The average Bonchev–Trinajstić information content (AvgIpc) is 2.66. The molecule has 5 heteroatoms. The Bertz CT molecular complexity index is 356. The van der Waals surface area contributed by atoms with Gasteiger partial charge in [0.15, 0.2) is 0 Å². The molecule has 0 amide bonds. The minimum Gasteiger partial charge on any atom is -0.384 e. The molecule has 3 nitrogen and oxygen atoms in total. The molecule has 0 saturated carbocycles. The van der Waals surface area contributed by atoms with Gasteiger partial charge >= 0.3 is 0 Å². The Labute approximate surface area is 108 Å². The first-order valence-electron chi connectivity index (χ1n) is 5.59. The lowest BCUT2D eigenvalue weighted by molar-refractivity contribution is -0.108. The molecule has 2 heterocycles. The first-order chi connectivity index (χ1) is 7.65. The summed E-state index contributed by atoms with van der Waals surface area (Å²) in [4.78, 5) is 5.08. The van der Waals surface area contributed by atoms with Gasteiger partial charge in [-0.15, -0.1) is 11.3 Å². The molecule has 1 fully saturated rings. The maximum atomic E-state index is 10.7. The SMILES string of the molecule is CCCC1CC(O)(c2scnc2Br)CCO1. The Hall–Kier alpha value is 0.0300. The Morgan fingerprint density at radius 3 is 3.19 bits per heavy atom. The van der Waals surface area contributed by atoms with Crippen molar-refractivity contribution in [2.45, 2.75) is 44.3 Å². The molecule has 1 aliphatic heterocycles. The molecule has 1 N–H and O–H groups in total. The van der Waals surface area contributed by atoms with E-state index in [2.05, 4.69) is 27.8 Å². The smallest absolute Gasteiger partial charge is 0.123 e. The molecule has 1 aromatic heterocycles. The number of rotatable bonds is 3. The quantitative estimate of drug-likeness (QED) is 0.933. The molecule has 0 aromatic carbocycles. The summed E-state index contributed by atoms with van der Waals surface area (Å²) in [5.41, 5.74) is 1.01. The van der Waals surface area contributed by atoms with Crippen molar-refractivity contribution in [2.75, 3.05) is 6.61 Å². The first-order valence-corrected chi connectivity index (χ1v) is 7.26. The highest BCUT2D eigenvalue weighted by Gasteiger charge is 2.38. The van der Waals surface area contributed by atoms with E-state index in [-0.39, 0.29) is 6.10 Å². The number of ether oxygens (including phenoxy) is 1. The average molecular weight is 306 g/mol. The van der Waals surface area contributed by atoms with Crippen molar-refractivity contribution >= 4 is 27.3 Å². The standard InChI is InChI=1S/C11H16BrNO2S/c1-2-3-8-6-11(14,4-5-15-8)9-10(12)13-7-16-9/h7-8,14H,2-6H2,1H3. The lowest BCUT2D eigenvalue weighted by atomic mass is 9.88. The van der Waals surface area contributed by atoms with Crippen LogP contribution < -0.4 is 0 Å². The number of aliphatic hydroxyl groups is 1. The van der Waals surface area contributed by atoms with Crippen molar-refractivity contribution in [1.29, 1.82) is 0 Å². The van der Waals surface area contributed by atoms with Gasteiger partial charge in [0, 0.05) is 12.8 Å². The monoisotopic (exact) mass is 305 g/mol. The molecule has 2 unspecified atom stereocenters. The van der Waals surface area contributed by atoms with Crippen molar-refractivity contribution in [3.05, 3.63) is 15.0 Å². The first kappa shape index (κ1) is 12.5. The topological polar surface area (TPSA) is 42.4 Å². The van der Waals surface area contributed by atoms with Crippen LogP contribution in [-0.4, -0.2) is 22.8 Å². The maximum Gasteiger partial charge on any atom is 0.123 e. The molecule has 90 valence electrons. The highest BCUT2D eigenvalue weighted by Crippen LogP contribution is 2.40. The van der Waals surface area contributed by atoms with Crippen molar-refractivity contribution in [3.8, 4) is 0 Å². The van der Waals surface area contributed by atoms with Gasteiger partial charge in [-0.05, 0) is 22.4 Å². The highest BCUT2D eigenvalue weighted by atomic mass is 79.9. The molecule has 16 heavy (non-hydrogen) atoms. The van der Waals surface area contributed by atoms with E-state index >= 15 is 0 Å². The van der Waals surface area contributed by atoms with Crippen molar-refractivity contribution in [1.82, 2.24) is 4.98 Å². The van der Waals surface area contributed by atoms with Gasteiger partial charge in [-0.3, -0.25) is 0 Å². The summed E-state index contributed by atoms with van der Waals surface area (Å²) in [5.74, 6) is 0. The number of hydrogen-bond donors (Lipinski definition) is 1. The summed E-state index contributed by atoms with van der Waals surface area (Å²) < 4.78 is 6.44. The lowest BCUT2D eigenvalue weighted by Gasteiger charge is -2.36. The van der Waals surface area contributed by atoms with E-state index in [0.29, 0.717) is 19.4 Å². The summed E-state index contributed by atoms with van der Waals surface area (Å²) in [7, 11) is 0. The van der Waals surface area contributed by atoms with E-state index in [1.807, 2.05) is 0 Å². The van der Waals surface area contributed by atoms with Gasteiger partial charge in [0.25, 0.3) is 0 Å². The number of thiazole rings is 1. The summed E-state index contributed by atoms with van der Waals surface area (Å²) in [6.07, 6.45) is 3.62. The van der Waals surface area contributed by atoms with Gasteiger partial charge < -0.3 is 9.84 Å². The molecule has 0 aliphatic carbocycles. The van der Waals surface area contributed by atoms with Crippen LogP contribution in [0.25, 0.3) is 0 Å². The van der Waals surface area contributed by atoms with Crippen LogP contribution >= 0.6 is 27.3 Å². The van der Waals surface area contributed by atoms with Crippen LogP contribution in [-0.2, 0) is 10.3 Å². The van der Waals surface area contributed by atoms with Crippen LogP contribution in [0.4, 0.5) is 0 Å². The third-order valence-electron chi connectivity index (χ3n) is 2.99. The van der Waals surface area contributed by atoms with Crippen molar-refractivity contribution < 1.29 is 9.84 Å². The number of halogens is 1. The van der Waals surface area contributed by atoms with Crippen LogP contribution in [0.3, 0.4) is 0 Å². The van der Waals surface area contributed by atoms with E-state index in [9.17, 15) is 5.11 Å².